The fourth-order valence-corrected chi connectivity index (χ4v) is 2.52. The Morgan fingerprint density at radius 2 is 2.23 bits per heavy atom. The molecule has 66 valence electrons. The van der Waals surface area contributed by atoms with E-state index in [9.17, 15) is 4.79 Å². The molecule has 1 heterocycles. The van der Waals surface area contributed by atoms with E-state index in [1.165, 1.54) is 0 Å². The first-order valence-corrected chi connectivity index (χ1v) is 5.00. The van der Waals surface area contributed by atoms with E-state index in [1.807, 2.05) is 36.0 Å². The molecule has 13 heavy (non-hydrogen) atoms. The SMILES string of the molecule is Cn1cc(I)c2c(C=O)cccc21. The third kappa shape index (κ3) is 1.27. The highest BCUT2D eigenvalue weighted by Crippen LogP contribution is 2.24. The van der Waals surface area contributed by atoms with Gasteiger partial charge in [0.25, 0.3) is 0 Å². The smallest absolute Gasteiger partial charge is 0.150 e. The number of aldehydes is 1. The summed E-state index contributed by atoms with van der Waals surface area (Å²) in [5.41, 5.74) is 1.87. The summed E-state index contributed by atoms with van der Waals surface area (Å²) in [6.45, 7) is 0. The van der Waals surface area contributed by atoms with E-state index in [0.717, 1.165) is 26.3 Å². The minimum atomic E-state index is 0.766. The minimum Gasteiger partial charge on any atom is -0.349 e. The van der Waals surface area contributed by atoms with Gasteiger partial charge in [0.1, 0.15) is 0 Å². The fourth-order valence-electron chi connectivity index (χ4n) is 1.51. The van der Waals surface area contributed by atoms with Gasteiger partial charge < -0.3 is 4.57 Å². The number of carbonyl (C=O) groups is 1. The van der Waals surface area contributed by atoms with Gasteiger partial charge in [0.05, 0.1) is 0 Å². The van der Waals surface area contributed by atoms with Gasteiger partial charge in [-0.25, -0.2) is 0 Å². The third-order valence-electron chi connectivity index (χ3n) is 2.13. The van der Waals surface area contributed by atoms with Crippen LogP contribution in [-0.2, 0) is 7.05 Å². The molecule has 0 N–H and O–H groups in total. The Morgan fingerprint density at radius 3 is 2.92 bits per heavy atom. The minimum absolute atomic E-state index is 0.766. The van der Waals surface area contributed by atoms with Gasteiger partial charge in [-0.1, -0.05) is 12.1 Å². The van der Waals surface area contributed by atoms with Gasteiger partial charge in [0.2, 0.25) is 0 Å². The molecular weight excluding hydrogens is 277 g/mol. The van der Waals surface area contributed by atoms with Crippen LogP contribution in [0.15, 0.2) is 24.4 Å². The lowest BCUT2D eigenvalue weighted by atomic mass is 10.1. The Morgan fingerprint density at radius 1 is 1.46 bits per heavy atom. The average Bonchev–Trinajstić information content (AvgIpc) is 2.43. The van der Waals surface area contributed by atoms with Crippen molar-refractivity contribution in [2.75, 3.05) is 0 Å². The first kappa shape index (κ1) is 8.74. The number of benzene rings is 1. The van der Waals surface area contributed by atoms with E-state index in [1.54, 1.807) is 0 Å². The highest BCUT2D eigenvalue weighted by Gasteiger charge is 2.07. The van der Waals surface area contributed by atoms with Crippen LogP contribution in [0.5, 0.6) is 0 Å². The summed E-state index contributed by atoms with van der Waals surface area (Å²) < 4.78 is 3.15. The molecule has 0 atom stereocenters. The number of rotatable bonds is 1. The monoisotopic (exact) mass is 285 g/mol. The molecule has 0 saturated heterocycles. The van der Waals surface area contributed by atoms with Crippen LogP contribution in [0.3, 0.4) is 0 Å². The number of aryl methyl sites for hydroxylation is 1. The quantitative estimate of drug-likeness (QED) is 0.583. The molecule has 1 aromatic carbocycles. The molecule has 2 nitrogen and oxygen atoms in total. The second-order valence-electron chi connectivity index (χ2n) is 2.95. The number of nitrogens with zero attached hydrogens (tertiary/aromatic N) is 1. The maximum atomic E-state index is 10.8. The third-order valence-corrected chi connectivity index (χ3v) is 2.95. The van der Waals surface area contributed by atoms with Crippen LogP contribution in [0, 0.1) is 3.57 Å². The van der Waals surface area contributed by atoms with Crippen molar-refractivity contribution in [3.63, 3.8) is 0 Å². The number of carbonyl (C=O) groups excluding carboxylic acids is 1. The molecule has 0 spiro atoms. The fraction of sp³-hybridized carbons (Fsp3) is 0.100. The van der Waals surface area contributed by atoms with Crippen molar-refractivity contribution in [3.8, 4) is 0 Å². The number of halogens is 1. The van der Waals surface area contributed by atoms with Crippen molar-refractivity contribution in [1.29, 1.82) is 0 Å². The van der Waals surface area contributed by atoms with Crippen molar-refractivity contribution >= 4 is 39.8 Å². The maximum absolute atomic E-state index is 10.8. The van der Waals surface area contributed by atoms with Crippen molar-refractivity contribution in [1.82, 2.24) is 4.57 Å². The lowest BCUT2D eigenvalue weighted by molar-refractivity contribution is 0.112. The van der Waals surface area contributed by atoms with E-state index >= 15 is 0 Å². The van der Waals surface area contributed by atoms with Gasteiger partial charge in [0, 0.05) is 33.3 Å². The molecule has 0 bridgehead atoms. The molecule has 0 aliphatic rings. The molecule has 0 aliphatic heterocycles. The lowest BCUT2D eigenvalue weighted by Gasteiger charge is -1.96. The lowest BCUT2D eigenvalue weighted by Crippen LogP contribution is -1.85. The van der Waals surface area contributed by atoms with Crippen LogP contribution < -0.4 is 0 Å². The van der Waals surface area contributed by atoms with Crippen molar-refractivity contribution in [2.24, 2.45) is 7.05 Å². The highest BCUT2D eigenvalue weighted by molar-refractivity contribution is 14.1. The molecule has 0 saturated carbocycles. The Labute approximate surface area is 89.7 Å². The summed E-state index contributed by atoms with van der Waals surface area (Å²) in [4.78, 5) is 10.8. The molecule has 0 radical (unpaired) electrons. The second-order valence-corrected chi connectivity index (χ2v) is 4.11. The van der Waals surface area contributed by atoms with Crippen LogP contribution in [0.1, 0.15) is 10.4 Å². The molecule has 2 rings (SSSR count). The number of aromatic nitrogens is 1. The van der Waals surface area contributed by atoms with Crippen LogP contribution in [-0.4, -0.2) is 10.9 Å². The van der Waals surface area contributed by atoms with Gasteiger partial charge >= 0.3 is 0 Å². The molecule has 2 aromatic rings. The number of hydrogen-bond donors (Lipinski definition) is 0. The van der Waals surface area contributed by atoms with Crippen molar-refractivity contribution < 1.29 is 4.79 Å². The predicted molar refractivity (Wildman–Crippen MR) is 61.0 cm³/mol. The van der Waals surface area contributed by atoms with Crippen molar-refractivity contribution in [3.05, 3.63) is 33.5 Å². The molecule has 0 amide bonds. The first-order valence-electron chi connectivity index (χ1n) is 3.93. The van der Waals surface area contributed by atoms with Crippen LogP contribution in [0.2, 0.25) is 0 Å². The van der Waals surface area contributed by atoms with E-state index in [-0.39, 0.29) is 0 Å². The Bertz CT molecular complexity index is 473. The summed E-state index contributed by atoms with van der Waals surface area (Å²) >= 11 is 2.25. The number of hydrogen-bond acceptors (Lipinski definition) is 1. The maximum Gasteiger partial charge on any atom is 0.150 e. The Hall–Kier alpha value is -0.840. The standard InChI is InChI=1S/C10H8INO/c1-12-5-8(11)10-7(6-13)3-2-4-9(10)12/h2-6H,1H3. The Kier molecular flexibility index (Phi) is 2.11. The van der Waals surface area contributed by atoms with E-state index in [4.69, 9.17) is 0 Å². The molecule has 0 unspecified atom stereocenters. The molecule has 0 fully saturated rings. The van der Waals surface area contributed by atoms with E-state index < -0.39 is 0 Å². The van der Waals surface area contributed by atoms with Gasteiger partial charge in [-0.3, -0.25) is 4.79 Å². The van der Waals surface area contributed by atoms with Gasteiger partial charge in [-0.15, -0.1) is 0 Å². The Balaban J connectivity index is 2.96. The highest BCUT2D eigenvalue weighted by atomic mass is 127. The first-order chi connectivity index (χ1) is 6.24. The van der Waals surface area contributed by atoms with Gasteiger partial charge in [-0.2, -0.15) is 0 Å². The molecule has 0 aliphatic carbocycles. The topological polar surface area (TPSA) is 22.0 Å². The van der Waals surface area contributed by atoms with Crippen LogP contribution >= 0.6 is 22.6 Å². The molecule has 1 aromatic heterocycles. The normalized spacial score (nSPS) is 10.6. The zero-order valence-corrected chi connectivity index (χ0v) is 9.28. The second kappa shape index (κ2) is 3.14. The van der Waals surface area contributed by atoms with Crippen molar-refractivity contribution in [2.45, 2.75) is 0 Å². The summed E-state index contributed by atoms with van der Waals surface area (Å²) in [6, 6.07) is 5.77. The molecular formula is C10H8INO. The van der Waals surface area contributed by atoms with E-state index in [2.05, 4.69) is 22.6 Å². The average molecular weight is 285 g/mol. The zero-order chi connectivity index (χ0) is 9.42. The van der Waals surface area contributed by atoms with Gasteiger partial charge in [-0.05, 0) is 28.7 Å². The van der Waals surface area contributed by atoms with Gasteiger partial charge in [0.15, 0.2) is 6.29 Å². The number of fused-ring (bicyclic) bond motifs is 1. The summed E-state index contributed by atoms with van der Waals surface area (Å²) in [5, 5.41) is 1.06. The molecule has 3 heteroatoms. The van der Waals surface area contributed by atoms with E-state index in [0.29, 0.717) is 0 Å². The summed E-state index contributed by atoms with van der Waals surface area (Å²) in [7, 11) is 1.99. The largest absolute Gasteiger partial charge is 0.349 e. The van der Waals surface area contributed by atoms with Crippen LogP contribution in [0.25, 0.3) is 10.9 Å². The summed E-state index contributed by atoms with van der Waals surface area (Å²) in [6.07, 6.45) is 2.93. The zero-order valence-electron chi connectivity index (χ0n) is 7.12. The predicted octanol–water partition coefficient (Wildman–Crippen LogP) is 2.60. The summed E-state index contributed by atoms with van der Waals surface area (Å²) in [5.74, 6) is 0. The van der Waals surface area contributed by atoms with Crippen LogP contribution in [0.4, 0.5) is 0 Å².